The van der Waals surface area contributed by atoms with E-state index in [1.807, 2.05) is 4.90 Å². The van der Waals surface area contributed by atoms with E-state index >= 15 is 0 Å². The molecule has 0 spiro atoms. The third-order valence-corrected chi connectivity index (χ3v) is 4.33. The molecule has 1 aliphatic heterocycles. The average molecular weight is 319 g/mol. The van der Waals surface area contributed by atoms with Crippen LogP contribution in [0.1, 0.15) is 30.3 Å². The Labute approximate surface area is 134 Å². The van der Waals surface area contributed by atoms with Crippen molar-refractivity contribution < 1.29 is 9.21 Å². The van der Waals surface area contributed by atoms with Gasteiger partial charge >= 0.3 is 0 Å². The summed E-state index contributed by atoms with van der Waals surface area (Å²) in [6, 6.07) is 8.72. The highest BCUT2D eigenvalue weighted by Gasteiger charge is 2.24. The maximum atomic E-state index is 12.5. The van der Waals surface area contributed by atoms with Crippen molar-refractivity contribution in [3.05, 3.63) is 41.1 Å². The quantitative estimate of drug-likeness (QED) is 0.850. The Morgan fingerprint density at radius 1 is 1.36 bits per heavy atom. The van der Waals surface area contributed by atoms with Crippen LogP contribution in [-0.4, -0.2) is 23.9 Å². The summed E-state index contributed by atoms with van der Waals surface area (Å²) in [6.45, 7) is 3.75. The average Bonchev–Trinajstić information content (AvgIpc) is 2.96. The van der Waals surface area contributed by atoms with Crippen molar-refractivity contribution in [2.45, 2.75) is 19.8 Å². The highest BCUT2D eigenvalue weighted by Crippen LogP contribution is 2.31. The number of likely N-dealkylation sites (tertiary alicyclic amines) is 1. The van der Waals surface area contributed by atoms with Gasteiger partial charge in [0.25, 0.3) is 5.91 Å². The zero-order chi connectivity index (χ0) is 15.7. The Hall–Kier alpha value is -1.94. The lowest BCUT2D eigenvalue weighted by Gasteiger charge is -2.30. The van der Waals surface area contributed by atoms with Gasteiger partial charge in [-0.15, -0.1) is 0 Å². The molecule has 5 heteroatoms. The fourth-order valence-electron chi connectivity index (χ4n) is 2.86. The van der Waals surface area contributed by atoms with Gasteiger partial charge in [0.1, 0.15) is 5.76 Å². The molecule has 0 bridgehead atoms. The maximum Gasteiger partial charge on any atom is 0.289 e. The number of carbonyl (C=O) groups excluding carboxylic acids is 1. The first-order chi connectivity index (χ1) is 10.5. The van der Waals surface area contributed by atoms with E-state index in [9.17, 15) is 4.79 Å². The summed E-state index contributed by atoms with van der Waals surface area (Å²) in [6.07, 6.45) is 2.22. The number of halogens is 1. The van der Waals surface area contributed by atoms with Gasteiger partial charge in [-0.3, -0.25) is 4.79 Å². The molecule has 2 heterocycles. The maximum absolute atomic E-state index is 12.5. The molecule has 1 atom stereocenters. The van der Waals surface area contributed by atoms with E-state index < -0.39 is 0 Å². The number of furan rings is 1. The SMILES string of the molecule is C[C@@H]1CCCN(C(=O)c2ccc(-c3ccc(N)cc3Cl)o2)C1. The number of hydrogen-bond donors (Lipinski definition) is 1. The zero-order valence-electron chi connectivity index (χ0n) is 12.5. The van der Waals surface area contributed by atoms with Gasteiger partial charge in [-0.1, -0.05) is 18.5 Å². The molecule has 1 aromatic heterocycles. The minimum absolute atomic E-state index is 0.0515. The van der Waals surface area contributed by atoms with E-state index in [1.54, 1.807) is 30.3 Å². The Kier molecular flexibility index (Phi) is 4.12. The second-order valence-corrected chi connectivity index (χ2v) is 6.31. The topological polar surface area (TPSA) is 59.5 Å². The second-order valence-electron chi connectivity index (χ2n) is 5.90. The monoisotopic (exact) mass is 318 g/mol. The molecule has 1 aromatic carbocycles. The first-order valence-corrected chi connectivity index (χ1v) is 7.87. The van der Waals surface area contributed by atoms with Crippen molar-refractivity contribution in [1.82, 2.24) is 4.90 Å². The summed E-state index contributed by atoms with van der Waals surface area (Å²) >= 11 is 6.19. The number of rotatable bonds is 2. The molecule has 0 aliphatic carbocycles. The molecule has 1 amide bonds. The van der Waals surface area contributed by atoms with Crippen LogP contribution in [0.5, 0.6) is 0 Å². The number of amides is 1. The van der Waals surface area contributed by atoms with Crippen LogP contribution in [0.15, 0.2) is 34.7 Å². The Bertz CT molecular complexity index is 696. The minimum Gasteiger partial charge on any atom is -0.451 e. The molecular formula is C17H19ClN2O2. The molecule has 22 heavy (non-hydrogen) atoms. The van der Waals surface area contributed by atoms with Crippen molar-refractivity contribution in [1.29, 1.82) is 0 Å². The van der Waals surface area contributed by atoms with E-state index in [0.29, 0.717) is 28.1 Å². The summed E-state index contributed by atoms with van der Waals surface area (Å²) in [4.78, 5) is 14.4. The predicted octanol–water partition coefficient (Wildman–Crippen LogP) is 4.05. The summed E-state index contributed by atoms with van der Waals surface area (Å²) < 4.78 is 5.72. The highest BCUT2D eigenvalue weighted by atomic mass is 35.5. The zero-order valence-corrected chi connectivity index (χ0v) is 13.3. The van der Waals surface area contributed by atoms with Crippen LogP contribution in [0.4, 0.5) is 5.69 Å². The van der Waals surface area contributed by atoms with Crippen LogP contribution in [0, 0.1) is 5.92 Å². The number of carbonyl (C=O) groups is 1. The third-order valence-electron chi connectivity index (χ3n) is 4.02. The molecule has 2 aromatic rings. The number of piperidine rings is 1. The highest BCUT2D eigenvalue weighted by molar-refractivity contribution is 6.33. The van der Waals surface area contributed by atoms with Crippen LogP contribution in [0.2, 0.25) is 5.02 Å². The van der Waals surface area contributed by atoms with E-state index in [2.05, 4.69) is 6.92 Å². The molecule has 0 unspecified atom stereocenters. The Balaban J connectivity index is 1.82. The van der Waals surface area contributed by atoms with Crippen molar-refractivity contribution in [2.75, 3.05) is 18.8 Å². The first-order valence-electron chi connectivity index (χ1n) is 7.49. The molecule has 0 saturated carbocycles. The number of nitrogens with zero attached hydrogens (tertiary/aromatic N) is 1. The molecule has 4 nitrogen and oxygen atoms in total. The molecule has 116 valence electrons. The minimum atomic E-state index is -0.0515. The van der Waals surface area contributed by atoms with Gasteiger partial charge < -0.3 is 15.1 Å². The summed E-state index contributed by atoms with van der Waals surface area (Å²) in [7, 11) is 0. The lowest BCUT2D eigenvalue weighted by atomic mass is 10.0. The van der Waals surface area contributed by atoms with Gasteiger partial charge in [0.05, 0.1) is 5.02 Å². The molecule has 0 radical (unpaired) electrons. The smallest absolute Gasteiger partial charge is 0.289 e. The number of nitrogen functional groups attached to an aromatic ring is 1. The lowest BCUT2D eigenvalue weighted by molar-refractivity contribution is 0.0652. The van der Waals surface area contributed by atoms with Gasteiger partial charge in [-0.2, -0.15) is 0 Å². The van der Waals surface area contributed by atoms with E-state index in [4.69, 9.17) is 21.8 Å². The van der Waals surface area contributed by atoms with E-state index in [0.717, 1.165) is 25.1 Å². The van der Waals surface area contributed by atoms with Crippen LogP contribution < -0.4 is 5.73 Å². The number of hydrogen-bond acceptors (Lipinski definition) is 3. The van der Waals surface area contributed by atoms with Crippen molar-refractivity contribution >= 4 is 23.2 Å². The molecule has 1 aliphatic rings. The summed E-state index contributed by atoms with van der Waals surface area (Å²) in [5, 5.41) is 0.514. The van der Waals surface area contributed by atoms with E-state index in [-0.39, 0.29) is 5.91 Å². The number of nitrogens with two attached hydrogens (primary N) is 1. The van der Waals surface area contributed by atoms with E-state index in [1.165, 1.54) is 6.42 Å². The van der Waals surface area contributed by atoms with Gasteiger partial charge in [0, 0.05) is 24.3 Å². The predicted molar refractivity (Wildman–Crippen MR) is 87.9 cm³/mol. The lowest BCUT2D eigenvalue weighted by Crippen LogP contribution is -2.38. The van der Waals surface area contributed by atoms with Crippen LogP contribution in [0.25, 0.3) is 11.3 Å². The fourth-order valence-corrected chi connectivity index (χ4v) is 3.14. The van der Waals surface area contributed by atoms with Crippen molar-refractivity contribution in [2.24, 2.45) is 5.92 Å². The van der Waals surface area contributed by atoms with Crippen molar-refractivity contribution in [3.8, 4) is 11.3 Å². The number of anilines is 1. The molecule has 1 fully saturated rings. The van der Waals surface area contributed by atoms with Crippen LogP contribution in [-0.2, 0) is 0 Å². The van der Waals surface area contributed by atoms with Crippen molar-refractivity contribution in [3.63, 3.8) is 0 Å². The van der Waals surface area contributed by atoms with Crippen LogP contribution in [0.3, 0.4) is 0 Å². The summed E-state index contributed by atoms with van der Waals surface area (Å²) in [5.41, 5.74) is 7.03. The Morgan fingerprint density at radius 3 is 2.91 bits per heavy atom. The molecule has 3 rings (SSSR count). The van der Waals surface area contributed by atoms with Gasteiger partial charge in [-0.05, 0) is 49.1 Å². The van der Waals surface area contributed by atoms with Gasteiger partial charge in [-0.25, -0.2) is 0 Å². The van der Waals surface area contributed by atoms with Crippen LogP contribution >= 0.6 is 11.6 Å². The molecular weight excluding hydrogens is 300 g/mol. The molecule has 2 N–H and O–H groups in total. The van der Waals surface area contributed by atoms with Gasteiger partial charge in [0.2, 0.25) is 0 Å². The summed E-state index contributed by atoms with van der Waals surface area (Å²) in [5.74, 6) is 1.43. The largest absolute Gasteiger partial charge is 0.451 e. The van der Waals surface area contributed by atoms with Gasteiger partial charge in [0.15, 0.2) is 5.76 Å². The molecule has 1 saturated heterocycles. The first kappa shape index (κ1) is 15.0. The third kappa shape index (κ3) is 2.97. The normalized spacial score (nSPS) is 18.5. The second kappa shape index (κ2) is 6.05. The Morgan fingerprint density at radius 2 is 2.18 bits per heavy atom. The standard InChI is InChI=1S/C17H19ClN2O2/c1-11-3-2-8-20(10-11)17(21)16-7-6-15(22-16)13-5-4-12(19)9-14(13)18/h4-7,9,11H,2-3,8,10,19H2,1H3/t11-/m1/s1. The number of benzene rings is 1. The fraction of sp³-hybridized carbons (Fsp3) is 0.353.